The number of hydrogen-bond acceptors (Lipinski definition) is 6. The molecule has 2 heterocycles. The van der Waals surface area contributed by atoms with E-state index in [1.807, 2.05) is 13.8 Å². The largest absolute Gasteiger partial charge is 0.455 e. The van der Waals surface area contributed by atoms with Crippen LogP contribution < -0.4 is 15.6 Å². The molecule has 0 fully saturated rings. The third kappa shape index (κ3) is 4.54. The highest BCUT2D eigenvalue weighted by Gasteiger charge is 2.22. The van der Waals surface area contributed by atoms with Crippen molar-refractivity contribution in [3.05, 3.63) is 86.5 Å². The van der Waals surface area contributed by atoms with Gasteiger partial charge in [-0.05, 0) is 50.6 Å². The van der Waals surface area contributed by atoms with Crippen LogP contribution in [0.2, 0.25) is 0 Å². The molecule has 0 spiro atoms. The van der Waals surface area contributed by atoms with Gasteiger partial charge in [-0.25, -0.2) is 14.1 Å². The summed E-state index contributed by atoms with van der Waals surface area (Å²) in [7, 11) is 1.59. The molecule has 0 saturated carbocycles. The molecule has 0 saturated heterocycles. The second-order valence-corrected chi connectivity index (χ2v) is 8.46. The molecule has 4 rings (SSSR count). The molecule has 168 valence electrons. The number of rotatable bonds is 5. The van der Waals surface area contributed by atoms with Gasteiger partial charge in [0.15, 0.2) is 5.75 Å². The van der Waals surface area contributed by atoms with Gasteiger partial charge in [-0.3, -0.25) is 9.59 Å². The van der Waals surface area contributed by atoms with E-state index in [0.29, 0.717) is 38.3 Å². The van der Waals surface area contributed by atoms with E-state index in [-0.39, 0.29) is 11.5 Å². The van der Waals surface area contributed by atoms with Crippen LogP contribution >= 0.6 is 11.3 Å². The van der Waals surface area contributed by atoms with Crippen molar-refractivity contribution in [3.63, 3.8) is 0 Å². The standard InChI is InChI=1S/C24H21FN4O3S/c1-13-14(2)28-29(4)24(31)20(13)23-26-15(3)21(33-23)22(30)27-18-10-5-6-11-19(18)32-17-9-7-8-16(25)12-17/h5-12H,1-4H3,(H,27,30). The molecule has 1 N–H and O–H groups in total. The molecule has 9 heteroatoms. The van der Waals surface area contributed by atoms with Gasteiger partial charge in [0.05, 0.1) is 22.6 Å². The van der Waals surface area contributed by atoms with E-state index in [1.165, 1.54) is 16.8 Å². The second kappa shape index (κ2) is 8.95. The molecule has 0 aliphatic rings. The highest BCUT2D eigenvalue weighted by atomic mass is 32.1. The van der Waals surface area contributed by atoms with Crippen molar-refractivity contribution in [2.24, 2.45) is 7.05 Å². The number of para-hydroxylation sites is 2. The van der Waals surface area contributed by atoms with Crippen LogP contribution in [0.5, 0.6) is 11.5 Å². The van der Waals surface area contributed by atoms with E-state index in [4.69, 9.17) is 4.74 Å². The molecule has 0 aliphatic carbocycles. The first-order valence-corrected chi connectivity index (χ1v) is 10.9. The number of benzene rings is 2. The minimum atomic E-state index is -0.422. The fourth-order valence-electron chi connectivity index (χ4n) is 3.31. The number of nitrogens with one attached hydrogen (secondary N) is 1. The number of carbonyl (C=O) groups excluding carboxylic acids is 1. The maximum atomic E-state index is 13.5. The van der Waals surface area contributed by atoms with Crippen molar-refractivity contribution < 1.29 is 13.9 Å². The van der Waals surface area contributed by atoms with E-state index in [2.05, 4.69) is 15.4 Å². The summed E-state index contributed by atoms with van der Waals surface area (Å²) in [5.41, 5.74) is 2.54. The van der Waals surface area contributed by atoms with E-state index < -0.39 is 5.82 Å². The van der Waals surface area contributed by atoms with Gasteiger partial charge < -0.3 is 10.1 Å². The Morgan fingerprint density at radius 2 is 1.85 bits per heavy atom. The maximum Gasteiger partial charge on any atom is 0.277 e. The molecule has 2 aromatic heterocycles. The summed E-state index contributed by atoms with van der Waals surface area (Å²) in [5.74, 6) is -0.123. The third-order valence-corrected chi connectivity index (χ3v) is 6.28. The predicted octanol–water partition coefficient (Wildman–Crippen LogP) is 5.01. The first-order valence-electron chi connectivity index (χ1n) is 10.1. The Hall–Kier alpha value is -3.85. The van der Waals surface area contributed by atoms with Gasteiger partial charge in [0, 0.05) is 13.1 Å². The van der Waals surface area contributed by atoms with Crippen LogP contribution in [0.4, 0.5) is 10.1 Å². The highest BCUT2D eigenvalue weighted by Crippen LogP contribution is 2.32. The number of halogens is 1. The van der Waals surface area contributed by atoms with Crippen LogP contribution in [0.1, 0.15) is 26.6 Å². The number of amides is 1. The van der Waals surface area contributed by atoms with Crippen molar-refractivity contribution >= 4 is 22.9 Å². The summed E-state index contributed by atoms with van der Waals surface area (Å²) in [5, 5.41) is 7.49. The van der Waals surface area contributed by atoms with Crippen LogP contribution in [-0.4, -0.2) is 20.7 Å². The molecular formula is C24H21FN4O3S. The summed E-state index contributed by atoms with van der Waals surface area (Å²) in [4.78, 5) is 30.6. The maximum absolute atomic E-state index is 13.5. The van der Waals surface area contributed by atoms with Gasteiger partial charge in [-0.2, -0.15) is 5.10 Å². The molecule has 4 aromatic rings. The van der Waals surface area contributed by atoms with Crippen LogP contribution in [0.25, 0.3) is 10.6 Å². The second-order valence-electron chi connectivity index (χ2n) is 7.46. The van der Waals surface area contributed by atoms with Gasteiger partial charge >= 0.3 is 0 Å². The lowest BCUT2D eigenvalue weighted by atomic mass is 10.1. The van der Waals surface area contributed by atoms with E-state index in [9.17, 15) is 14.0 Å². The average Bonchev–Trinajstić information content (AvgIpc) is 3.15. The van der Waals surface area contributed by atoms with Crippen molar-refractivity contribution in [2.75, 3.05) is 5.32 Å². The first kappa shape index (κ1) is 22.3. The number of anilines is 1. The molecular weight excluding hydrogens is 443 g/mol. The average molecular weight is 465 g/mol. The Labute approximate surface area is 193 Å². The van der Waals surface area contributed by atoms with E-state index in [1.54, 1.807) is 50.4 Å². The fourth-order valence-corrected chi connectivity index (χ4v) is 4.37. The number of thiazole rings is 1. The number of aromatic nitrogens is 3. The van der Waals surface area contributed by atoms with Gasteiger partial charge in [0.2, 0.25) is 0 Å². The summed E-state index contributed by atoms with van der Waals surface area (Å²) < 4.78 is 20.6. The first-order chi connectivity index (χ1) is 15.7. The Balaban J connectivity index is 1.64. The Morgan fingerprint density at radius 3 is 2.61 bits per heavy atom. The lowest BCUT2D eigenvalue weighted by Gasteiger charge is -2.12. The molecule has 0 atom stereocenters. The smallest absolute Gasteiger partial charge is 0.277 e. The zero-order chi connectivity index (χ0) is 23.7. The quantitative estimate of drug-likeness (QED) is 0.449. The summed E-state index contributed by atoms with van der Waals surface area (Å²) in [6.45, 7) is 5.36. The number of hydrogen-bond donors (Lipinski definition) is 1. The topological polar surface area (TPSA) is 86.1 Å². The molecule has 0 radical (unpaired) electrons. The number of nitrogens with zero attached hydrogens (tertiary/aromatic N) is 3. The SMILES string of the molecule is Cc1nc(-c2c(C)c(C)nn(C)c2=O)sc1C(=O)Nc1ccccc1Oc1cccc(F)c1. The van der Waals surface area contributed by atoms with E-state index >= 15 is 0 Å². The molecule has 0 unspecified atom stereocenters. The monoisotopic (exact) mass is 464 g/mol. The highest BCUT2D eigenvalue weighted by molar-refractivity contribution is 7.17. The van der Waals surface area contributed by atoms with Crippen LogP contribution in [0.15, 0.2) is 53.3 Å². The van der Waals surface area contributed by atoms with Gasteiger partial charge in [-0.1, -0.05) is 18.2 Å². The van der Waals surface area contributed by atoms with E-state index in [0.717, 1.165) is 22.6 Å². The Morgan fingerprint density at radius 1 is 1.09 bits per heavy atom. The normalized spacial score (nSPS) is 10.8. The summed E-state index contributed by atoms with van der Waals surface area (Å²) >= 11 is 1.14. The fraction of sp³-hybridized carbons (Fsp3) is 0.167. The van der Waals surface area contributed by atoms with Crippen LogP contribution in [0.3, 0.4) is 0 Å². The zero-order valence-electron chi connectivity index (χ0n) is 18.5. The Bertz CT molecular complexity index is 1430. The molecule has 0 aliphatic heterocycles. The van der Waals surface area contributed by atoms with Crippen molar-refractivity contribution in [1.29, 1.82) is 0 Å². The minimum Gasteiger partial charge on any atom is -0.455 e. The zero-order valence-corrected chi connectivity index (χ0v) is 19.3. The molecule has 1 amide bonds. The molecule has 33 heavy (non-hydrogen) atoms. The van der Waals surface area contributed by atoms with Crippen LogP contribution in [-0.2, 0) is 7.05 Å². The van der Waals surface area contributed by atoms with Gasteiger partial charge in [0.1, 0.15) is 21.5 Å². The minimum absolute atomic E-state index is 0.271. The lowest BCUT2D eigenvalue weighted by Crippen LogP contribution is -2.23. The van der Waals surface area contributed by atoms with Crippen molar-refractivity contribution in [2.45, 2.75) is 20.8 Å². The van der Waals surface area contributed by atoms with Gasteiger partial charge in [0.25, 0.3) is 11.5 Å². The van der Waals surface area contributed by atoms with Crippen molar-refractivity contribution in [1.82, 2.24) is 14.8 Å². The number of aryl methyl sites for hydroxylation is 3. The van der Waals surface area contributed by atoms with Gasteiger partial charge in [-0.15, -0.1) is 11.3 Å². The molecule has 0 bridgehead atoms. The predicted molar refractivity (Wildman–Crippen MR) is 126 cm³/mol. The summed E-state index contributed by atoms with van der Waals surface area (Å²) in [6, 6.07) is 12.6. The molecule has 2 aromatic carbocycles. The van der Waals surface area contributed by atoms with Crippen molar-refractivity contribution in [3.8, 4) is 22.1 Å². The summed E-state index contributed by atoms with van der Waals surface area (Å²) in [6.07, 6.45) is 0. The Kier molecular flexibility index (Phi) is 6.06. The number of ether oxygens (including phenoxy) is 1. The number of carbonyl (C=O) groups is 1. The third-order valence-electron chi connectivity index (χ3n) is 5.10. The lowest BCUT2D eigenvalue weighted by molar-refractivity contribution is 0.102. The molecule has 7 nitrogen and oxygen atoms in total. The van der Waals surface area contributed by atoms with Crippen LogP contribution in [0, 0.1) is 26.6 Å².